The maximum absolute atomic E-state index is 10.8. The van der Waals surface area contributed by atoms with Gasteiger partial charge in [0.1, 0.15) is 6.73 Å². The van der Waals surface area contributed by atoms with Crippen LogP contribution in [0.25, 0.3) is 0 Å². The molecule has 0 saturated heterocycles. The molecule has 0 aromatic carbocycles. The van der Waals surface area contributed by atoms with Crippen LogP contribution >= 0.6 is 0 Å². The van der Waals surface area contributed by atoms with Gasteiger partial charge in [-0.2, -0.15) is 0 Å². The fourth-order valence-corrected chi connectivity index (χ4v) is 0.506. The number of carbonyl (C=O) groups is 1. The number of ether oxygens (including phenoxy) is 1. The number of amides is 1. The number of hydrogen-bond acceptors (Lipinski definition) is 3. The van der Waals surface area contributed by atoms with Gasteiger partial charge in [-0.3, -0.25) is 4.79 Å². The van der Waals surface area contributed by atoms with Crippen LogP contribution in [0.3, 0.4) is 0 Å². The third-order valence-corrected chi connectivity index (χ3v) is 1.17. The molecule has 4 nitrogen and oxygen atoms in total. The van der Waals surface area contributed by atoms with Gasteiger partial charge < -0.3 is 15.2 Å². The van der Waals surface area contributed by atoms with E-state index in [-0.39, 0.29) is 19.2 Å². The van der Waals surface area contributed by atoms with Gasteiger partial charge in [-0.05, 0) is 13.3 Å². The van der Waals surface area contributed by atoms with E-state index < -0.39 is 0 Å². The zero-order valence-corrected chi connectivity index (χ0v) is 7.30. The summed E-state index contributed by atoms with van der Waals surface area (Å²) >= 11 is 0. The van der Waals surface area contributed by atoms with Gasteiger partial charge in [-0.25, -0.2) is 0 Å². The van der Waals surface area contributed by atoms with E-state index in [1.165, 1.54) is 0 Å². The van der Waals surface area contributed by atoms with Crippen LogP contribution in [0.1, 0.15) is 13.3 Å². The molecular weight excluding hydrogens is 158 g/mol. The van der Waals surface area contributed by atoms with Gasteiger partial charge in [-0.15, -0.1) is 0 Å². The molecule has 0 rings (SSSR count). The smallest absolute Gasteiger partial charge is 0.248 e. The van der Waals surface area contributed by atoms with Crippen molar-refractivity contribution in [3.8, 4) is 0 Å². The highest BCUT2D eigenvalue weighted by molar-refractivity contribution is 5.91. The molecule has 0 aliphatic rings. The minimum atomic E-state index is -0.209. The van der Waals surface area contributed by atoms with Crippen molar-refractivity contribution in [2.75, 3.05) is 19.9 Å². The van der Waals surface area contributed by atoms with E-state index >= 15 is 0 Å². The van der Waals surface area contributed by atoms with Crippen LogP contribution in [0.4, 0.5) is 0 Å². The first-order chi connectivity index (χ1) is 5.68. The van der Waals surface area contributed by atoms with Crippen LogP contribution in [0.5, 0.6) is 0 Å². The van der Waals surface area contributed by atoms with Gasteiger partial charge >= 0.3 is 0 Å². The molecule has 0 aromatic heterocycles. The maximum Gasteiger partial charge on any atom is 0.248 e. The van der Waals surface area contributed by atoms with Crippen molar-refractivity contribution < 1.29 is 14.6 Å². The average Bonchev–Trinajstić information content (AvgIpc) is 2.03. The summed E-state index contributed by atoms with van der Waals surface area (Å²) in [4.78, 5) is 10.8. The molecule has 70 valence electrons. The summed E-state index contributed by atoms with van der Waals surface area (Å²) < 4.78 is 4.96. The molecule has 0 unspecified atom stereocenters. The number of aliphatic hydroxyl groups excluding tert-OH is 1. The molecule has 1 amide bonds. The average molecular weight is 173 g/mol. The molecule has 4 heteroatoms. The first kappa shape index (κ1) is 11.1. The van der Waals surface area contributed by atoms with Gasteiger partial charge in [0.15, 0.2) is 0 Å². The Morgan fingerprint density at radius 2 is 2.33 bits per heavy atom. The molecule has 0 aromatic rings. The van der Waals surface area contributed by atoms with Gasteiger partial charge in [-0.1, -0.05) is 6.58 Å². The molecule has 0 aliphatic carbocycles. The molecule has 0 fully saturated rings. The van der Waals surface area contributed by atoms with Gasteiger partial charge in [0, 0.05) is 12.2 Å². The summed E-state index contributed by atoms with van der Waals surface area (Å²) in [6, 6.07) is 0. The first-order valence-corrected chi connectivity index (χ1v) is 3.80. The lowest BCUT2D eigenvalue weighted by Gasteiger charge is -2.04. The Morgan fingerprint density at radius 3 is 2.83 bits per heavy atom. The van der Waals surface area contributed by atoms with Crippen molar-refractivity contribution in [1.29, 1.82) is 0 Å². The zero-order valence-electron chi connectivity index (χ0n) is 7.30. The minimum absolute atomic E-state index is 0.106. The Morgan fingerprint density at radius 1 is 1.67 bits per heavy atom. The summed E-state index contributed by atoms with van der Waals surface area (Å²) in [6.45, 7) is 5.82. The Hall–Kier alpha value is -0.870. The van der Waals surface area contributed by atoms with Gasteiger partial charge in [0.05, 0.1) is 6.61 Å². The Bertz CT molecular complexity index is 156. The van der Waals surface area contributed by atoms with Crippen LogP contribution < -0.4 is 5.32 Å². The van der Waals surface area contributed by atoms with E-state index in [1.807, 2.05) is 0 Å². The summed E-state index contributed by atoms with van der Waals surface area (Å²) in [7, 11) is 0. The second kappa shape index (κ2) is 6.82. The van der Waals surface area contributed by atoms with Crippen LogP contribution in [0.15, 0.2) is 12.2 Å². The van der Waals surface area contributed by atoms with Crippen LogP contribution in [-0.4, -0.2) is 31.0 Å². The van der Waals surface area contributed by atoms with E-state index in [0.717, 1.165) is 0 Å². The molecular formula is C8H15NO3. The fourth-order valence-electron chi connectivity index (χ4n) is 0.506. The third kappa shape index (κ3) is 5.88. The van der Waals surface area contributed by atoms with E-state index in [9.17, 15) is 4.79 Å². The standard InChI is InChI=1S/C8H15NO3/c1-7(2)8(11)9-6-12-5-3-4-10/h10H,1,3-6H2,2H3,(H,9,11). The SMILES string of the molecule is C=C(C)C(=O)NCOCCCO. The highest BCUT2D eigenvalue weighted by atomic mass is 16.5. The molecule has 0 heterocycles. The number of nitrogens with one attached hydrogen (secondary N) is 1. The molecule has 2 N–H and O–H groups in total. The Labute approximate surface area is 72.2 Å². The number of hydrogen-bond donors (Lipinski definition) is 2. The number of aliphatic hydroxyl groups is 1. The number of carbonyl (C=O) groups excluding carboxylic acids is 1. The van der Waals surface area contributed by atoms with Crippen molar-refractivity contribution in [2.45, 2.75) is 13.3 Å². The van der Waals surface area contributed by atoms with Crippen LogP contribution in [0.2, 0.25) is 0 Å². The van der Waals surface area contributed by atoms with E-state index in [2.05, 4.69) is 11.9 Å². The van der Waals surface area contributed by atoms with Crippen molar-refractivity contribution in [3.63, 3.8) is 0 Å². The quantitative estimate of drug-likeness (QED) is 0.338. The van der Waals surface area contributed by atoms with Crippen molar-refractivity contribution in [1.82, 2.24) is 5.32 Å². The highest BCUT2D eigenvalue weighted by Gasteiger charge is 1.98. The lowest BCUT2D eigenvalue weighted by Crippen LogP contribution is -2.26. The normalized spacial score (nSPS) is 9.50. The predicted molar refractivity (Wildman–Crippen MR) is 45.5 cm³/mol. The van der Waals surface area contributed by atoms with Crippen molar-refractivity contribution in [3.05, 3.63) is 12.2 Å². The largest absolute Gasteiger partial charge is 0.396 e. The summed E-state index contributed by atoms with van der Waals surface area (Å²) in [5.41, 5.74) is 0.459. The van der Waals surface area contributed by atoms with Crippen LogP contribution in [0, 0.1) is 0 Å². The molecule has 0 spiro atoms. The maximum atomic E-state index is 10.8. The summed E-state index contributed by atoms with van der Waals surface area (Å²) in [5, 5.41) is 10.9. The van der Waals surface area contributed by atoms with Gasteiger partial charge in [0.25, 0.3) is 0 Å². The monoisotopic (exact) mass is 173 g/mol. The van der Waals surface area contributed by atoms with Gasteiger partial charge in [0.2, 0.25) is 5.91 Å². The van der Waals surface area contributed by atoms with Crippen molar-refractivity contribution >= 4 is 5.91 Å². The predicted octanol–water partition coefficient (Wildman–Crippen LogP) is 0.0352. The Kier molecular flexibility index (Phi) is 6.32. The third-order valence-electron chi connectivity index (χ3n) is 1.17. The fraction of sp³-hybridized carbons (Fsp3) is 0.625. The molecule has 0 atom stereocenters. The first-order valence-electron chi connectivity index (χ1n) is 3.80. The molecule has 0 bridgehead atoms. The van der Waals surface area contributed by atoms with E-state index in [0.29, 0.717) is 18.6 Å². The lowest BCUT2D eigenvalue weighted by molar-refractivity contribution is -0.119. The van der Waals surface area contributed by atoms with E-state index in [4.69, 9.17) is 9.84 Å². The number of rotatable bonds is 6. The molecule has 0 radical (unpaired) electrons. The second-order valence-electron chi connectivity index (χ2n) is 2.42. The Balaban J connectivity index is 3.20. The topological polar surface area (TPSA) is 58.6 Å². The second-order valence-corrected chi connectivity index (χ2v) is 2.42. The molecule has 0 aliphatic heterocycles. The lowest BCUT2D eigenvalue weighted by atomic mass is 10.3. The summed E-state index contributed by atoms with van der Waals surface area (Å²) in [5.74, 6) is -0.209. The molecule has 12 heavy (non-hydrogen) atoms. The minimum Gasteiger partial charge on any atom is -0.396 e. The van der Waals surface area contributed by atoms with E-state index in [1.54, 1.807) is 6.92 Å². The summed E-state index contributed by atoms with van der Waals surface area (Å²) in [6.07, 6.45) is 0.586. The molecule has 0 saturated carbocycles. The zero-order chi connectivity index (χ0) is 9.40. The highest BCUT2D eigenvalue weighted by Crippen LogP contribution is 1.85. The van der Waals surface area contributed by atoms with Crippen molar-refractivity contribution in [2.24, 2.45) is 0 Å². The van der Waals surface area contributed by atoms with Crippen LogP contribution in [-0.2, 0) is 9.53 Å².